The van der Waals surface area contributed by atoms with Gasteiger partial charge in [-0.15, -0.1) is 0 Å². The molecule has 3 nitrogen and oxygen atoms in total. The first-order valence-electron chi connectivity index (χ1n) is 4.79. The zero-order valence-corrected chi connectivity index (χ0v) is 10.6. The third-order valence-corrected chi connectivity index (χ3v) is 5.45. The molecule has 0 radical (unpaired) electrons. The van der Waals surface area contributed by atoms with Crippen LogP contribution in [-0.2, 0) is 7.05 Å². The highest BCUT2D eigenvalue weighted by atomic mass is 79.9. The summed E-state index contributed by atoms with van der Waals surface area (Å²) < 4.78 is 1.84. The molecule has 0 saturated heterocycles. The summed E-state index contributed by atoms with van der Waals surface area (Å²) in [6.07, 6.45) is 5.70. The Labute approximate surface area is 96.8 Å². The number of hydrogen-bond donors (Lipinski definition) is 0. The summed E-state index contributed by atoms with van der Waals surface area (Å²) in [6.45, 7) is 0. The minimum Gasteiger partial charge on any atom is -0.244 e. The van der Waals surface area contributed by atoms with E-state index in [2.05, 4.69) is 26.0 Å². The molecule has 0 atom stereocenters. The maximum Gasteiger partial charge on any atom is 0.185 e. The van der Waals surface area contributed by atoms with Gasteiger partial charge in [-0.05, 0) is 18.3 Å². The summed E-state index contributed by atoms with van der Waals surface area (Å²) >= 11 is 5.43. The SMILES string of the molecule is Cn1ncnc1SCC1(CBr)CCC1. The number of hydrogen-bond acceptors (Lipinski definition) is 3. The molecule has 1 aliphatic carbocycles. The van der Waals surface area contributed by atoms with Crippen LogP contribution in [0.4, 0.5) is 0 Å². The molecule has 1 saturated carbocycles. The van der Waals surface area contributed by atoms with Crippen LogP contribution in [0.15, 0.2) is 11.5 Å². The quantitative estimate of drug-likeness (QED) is 0.625. The number of thioether (sulfide) groups is 1. The molecule has 1 aliphatic rings. The normalized spacial score (nSPS) is 19.3. The molecule has 0 N–H and O–H groups in total. The summed E-state index contributed by atoms with van der Waals surface area (Å²) in [7, 11) is 1.94. The number of rotatable bonds is 4. The van der Waals surface area contributed by atoms with E-state index in [1.54, 1.807) is 6.33 Å². The monoisotopic (exact) mass is 275 g/mol. The molecule has 5 heteroatoms. The Hall–Kier alpha value is -0.0300. The zero-order chi connectivity index (χ0) is 10.0. The van der Waals surface area contributed by atoms with E-state index in [0.29, 0.717) is 5.41 Å². The number of halogens is 1. The molecule has 0 spiro atoms. The molecule has 0 amide bonds. The second-order valence-corrected chi connectivity index (χ2v) is 5.45. The predicted octanol–water partition coefficient (Wildman–Crippen LogP) is 2.47. The smallest absolute Gasteiger partial charge is 0.185 e. The molecule has 1 aromatic rings. The van der Waals surface area contributed by atoms with Crippen molar-refractivity contribution in [2.45, 2.75) is 24.4 Å². The Morgan fingerprint density at radius 3 is 2.86 bits per heavy atom. The first kappa shape index (κ1) is 10.5. The molecule has 0 unspecified atom stereocenters. The summed E-state index contributed by atoms with van der Waals surface area (Å²) in [5.74, 6) is 1.16. The van der Waals surface area contributed by atoms with Crippen molar-refractivity contribution in [3.8, 4) is 0 Å². The van der Waals surface area contributed by atoms with Crippen molar-refractivity contribution in [2.24, 2.45) is 12.5 Å². The molecule has 0 aliphatic heterocycles. The molecule has 78 valence electrons. The second-order valence-electron chi connectivity index (χ2n) is 3.94. The largest absolute Gasteiger partial charge is 0.244 e. The van der Waals surface area contributed by atoms with Gasteiger partial charge in [0.1, 0.15) is 6.33 Å². The Morgan fingerprint density at radius 2 is 2.43 bits per heavy atom. The lowest BCUT2D eigenvalue weighted by Gasteiger charge is -2.40. The maximum absolute atomic E-state index is 4.21. The van der Waals surface area contributed by atoms with Crippen LogP contribution >= 0.6 is 27.7 Å². The van der Waals surface area contributed by atoms with Crippen molar-refractivity contribution in [1.29, 1.82) is 0 Å². The van der Waals surface area contributed by atoms with Crippen LogP contribution in [0, 0.1) is 5.41 Å². The van der Waals surface area contributed by atoms with E-state index in [1.165, 1.54) is 19.3 Å². The van der Waals surface area contributed by atoms with Gasteiger partial charge >= 0.3 is 0 Å². The molecule has 0 aromatic carbocycles. The predicted molar refractivity (Wildman–Crippen MR) is 61.8 cm³/mol. The molecular weight excluding hydrogens is 262 g/mol. The lowest BCUT2D eigenvalue weighted by Crippen LogP contribution is -2.33. The van der Waals surface area contributed by atoms with Crippen LogP contribution in [0.1, 0.15) is 19.3 Å². The van der Waals surface area contributed by atoms with Gasteiger partial charge in [0, 0.05) is 18.1 Å². The third kappa shape index (κ3) is 1.98. The van der Waals surface area contributed by atoms with Crippen molar-refractivity contribution in [3.63, 3.8) is 0 Å². The van der Waals surface area contributed by atoms with Gasteiger partial charge in [0.2, 0.25) is 0 Å². The van der Waals surface area contributed by atoms with E-state index in [0.717, 1.165) is 16.2 Å². The fourth-order valence-corrected chi connectivity index (χ4v) is 3.83. The first-order chi connectivity index (χ1) is 6.76. The van der Waals surface area contributed by atoms with Gasteiger partial charge in [0.05, 0.1) is 0 Å². The third-order valence-electron chi connectivity index (χ3n) is 2.87. The number of aromatic nitrogens is 3. The van der Waals surface area contributed by atoms with E-state index in [1.807, 2.05) is 23.5 Å². The Morgan fingerprint density at radius 1 is 1.64 bits per heavy atom. The summed E-state index contributed by atoms with van der Waals surface area (Å²) in [5.41, 5.74) is 0.524. The summed E-state index contributed by atoms with van der Waals surface area (Å²) in [4.78, 5) is 4.21. The van der Waals surface area contributed by atoms with E-state index < -0.39 is 0 Å². The van der Waals surface area contributed by atoms with Crippen LogP contribution in [-0.4, -0.2) is 25.8 Å². The molecule has 0 bridgehead atoms. The zero-order valence-electron chi connectivity index (χ0n) is 8.24. The van der Waals surface area contributed by atoms with Crippen LogP contribution in [0.3, 0.4) is 0 Å². The van der Waals surface area contributed by atoms with Crippen LogP contribution in [0.25, 0.3) is 0 Å². The Bertz CT molecular complexity index is 303. The molecule has 2 rings (SSSR count). The van der Waals surface area contributed by atoms with Gasteiger partial charge in [0.25, 0.3) is 0 Å². The van der Waals surface area contributed by atoms with Crippen molar-refractivity contribution in [1.82, 2.24) is 14.8 Å². The van der Waals surface area contributed by atoms with Crippen molar-refractivity contribution < 1.29 is 0 Å². The Balaban J connectivity index is 1.90. The summed E-state index contributed by atoms with van der Waals surface area (Å²) in [6, 6.07) is 0. The van der Waals surface area contributed by atoms with Crippen molar-refractivity contribution in [3.05, 3.63) is 6.33 Å². The average Bonchev–Trinajstić information content (AvgIpc) is 2.51. The average molecular weight is 276 g/mol. The minimum absolute atomic E-state index is 0.524. The van der Waals surface area contributed by atoms with Gasteiger partial charge < -0.3 is 0 Å². The van der Waals surface area contributed by atoms with Crippen LogP contribution < -0.4 is 0 Å². The van der Waals surface area contributed by atoms with Crippen molar-refractivity contribution >= 4 is 27.7 Å². The van der Waals surface area contributed by atoms with Gasteiger partial charge in [-0.25, -0.2) is 9.67 Å². The Kier molecular flexibility index (Phi) is 3.17. The van der Waals surface area contributed by atoms with E-state index in [-0.39, 0.29) is 0 Å². The molecule has 14 heavy (non-hydrogen) atoms. The topological polar surface area (TPSA) is 30.7 Å². The number of alkyl halides is 1. The van der Waals surface area contributed by atoms with Gasteiger partial charge in [-0.2, -0.15) is 5.10 Å². The standard InChI is InChI=1S/C9H14BrN3S/c1-13-8(11-7-12-13)14-6-9(5-10)3-2-4-9/h7H,2-6H2,1H3. The van der Waals surface area contributed by atoms with Crippen LogP contribution in [0.5, 0.6) is 0 Å². The van der Waals surface area contributed by atoms with E-state index in [9.17, 15) is 0 Å². The van der Waals surface area contributed by atoms with E-state index >= 15 is 0 Å². The summed E-state index contributed by atoms with van der Waals surface area (Å²) in [5, 5.41) is 6.20. The van der Waals surface area contributed by atoms with Crippen LogP contribution in [0.2, 0.25) is 0 Å². The molecular formula is C9H14BrN3S. The fourth-order valence-electron chi connectivity index (χ4n) is 1.63. The lowest BCUT2D eigenvalue weighted by molar-refractivity contribution is 0.206. The number of nitrogens with zero attached hydrogens (tertiary/aromatic N) is 3. The molecule has 1 aromatic heterocycles. The molecule has 1 heterocycles. The van der Waals surface area contributed by atoms with Gasteiger partial charge in [-0.1, -0.05) is 34.1 Å². The highest BCUT2D eigenvalue weighted by molar-refractivity contribution is 9.09. The lowest BCUT2D eigenvalue weighted by atomic mass is 9.72. The second kappa shape index (κ2) is 4.23. The highest BCUT2D eigenvalue weighted by Gasteiger charge is 2.36. The minimum atomic E-state index is 0.524. The fraction of sp³-hybridized carbons (Fsp3) is 0.778. The highest BCUT2D eigenvalue weighted by Crippen LogP contribution is 2.45. The van der Waals surface area contributed by atoms with Crippen molar-refractivity contribution in [2.75, 3.05) is 11.1 Å². The van der Waals surface area contributed by atoms with Gasteiger partial charge in [0.15, 0.2) is 5.16 Å². The van der Waals surface area contributed by atoms with E-state index in [4.69, 9.17) is 0 Å². The molecule has 1 fully saturated rings. The van der Waals surface area contributed by atoms with Gasteiger partial charge in [-0.3, -0.25) is 0 Å². The number of aryl methyl sites for hydroxylation is 1. The maximum atomic E-state index is 4.21. The first-order valence-corrected chi connectivity index (χ1v) is 6.89.